The average Bonchev–Trinajstić information content (AvgIpc) is 3.15. The minimum atomic E-state index is -0.330. The molecular weight excluding hydrogens is 300 g/mol. The highest BCUT2D eigenvalue weighted by molar-refractivity contribution is 5.82. The fraction of sp³-hybridized carbons (Fsp3) is 0.952. The van der Waals surface area contributed by atoms with Gasteiger partial charge >= 0.3 is 0 Å². The second-order valence-corrected chi connectivity index (χ2v) is 9.74. The Morgan fingerprint density at radius 1 is 0.958 bits per heavy atom. The van der Waals surface area contributed by atoms with Gasteiger partial charge in [0.25, 0.3) is 0 Å². The summed E-state index contributed by atoms with van der Waals surface area (Å²) in [5, 5.41) is 0. The average molecular weight is 332 g/mol. The lowest BCUT2D eigenvalue weighted by atomic mass is 9.49. The molecule has 1 saturated heterocycles. The van der Waals surface area contributed by atoms with Gasteiger partial charge in [0, 0.05) is 24.2 Å². The van der Waals surface area contributed by atoms with Crippen molar-refractivity contribution in [3.8, 4) is 0 Å². The molecule has 0 radical (unpaired) electrons. The van der Waals surface area contributed by atoms with E-state index in [-0.39, 0.29) is 11.2 Å². The zero-order chi connectivity index (χ0) is 16.5. The summed E-state index contributed by atoms with van der Waals surface area (Å²) in [4.78, 5) is 13.0. The molecule has 3 heteroatoms. The van der Waals surface area contributed by atoms with Crippen LogP contribution in [0.3, 0.4) is 0 Å². The predicted octanol–water partition coefficient (Wildman–Crippen LogP) is 4.20. The van der Waals surface area contributed by atoms with E-state index >= 15 is 0 Å². The molecule has 0 aromatic rings. The molecule has 3 nitrogen and oxygen atoms in total. The Morgan fingerprint density at radius 3 is 2.54 bits per heavy atom. The molecular formula is C21H32O3. The Hall–Kier alpha value is -0.410. The lowest BCUT2D eigenvalue weighted by Crippen LogP contribution is -2.55. The van der Waals surface area contributed by atoms with E-state index in [0.717, 1.165) is 44.3 Å². The Morgan fingerprint density at radius 2 is 1.75 bits per heavy atom. The molecule has 1 spiro atoms. The van der Waals surface area contributed by atoms with Crippen molar-refractivity contribution >= 4 is 5.78 Å². The zero-order valence-electron chi connectivity index (χ0n) is 15.3. The molecule has 0 aromatic heterocycles. The number of hydrogen-bond donors (Lipinski definition) is 0. The van der Waals surface area contributed by atoms with E-state index in [1.165, 1.54) is 32.1 Å². The lowest BCUT2D eigenvalue weighted by Gasteiger charge is -2.56. The van der Waals surface area contributed by atoms with E-state index in [4.69, 9.17) is 9.47 Å². The number of fused-ring (bicyclic) bond motifs is 6. The number of hydrogen-bond acceptors (Lipinski definition) is 3. The largest absolute Gasteiger partial charge is 0.347 e. The van der Waals surface area contributed by atoms with Crippen molar-refractivity contribution in [3.05, 3.63) is 0 Å². The molecule has 5 rings (SSSR count). The van der Waals surface area contributed by atoms with Gasteiger partial charge in [0.1, 0.15) is 5.78 Å². The van der Waals surface area contributed by atoms with Gasteiger partial charge in [-0.25, -0.2) is 0 Å². The van der Waals surface area contributed by atoms with Crippen molar-refractivity contribution in [2.75, 3.05) is 13.2 Å². The molecule has 5 fully saturated rings. The number of rotatable bonds is 0. The number of carbonyl (C=O) groups excluding carboxylic acids is 1. The van der Waals surface area contributed by atoms with Crippen LogP contribution in [0.5, 0.6) is 0 Å². The van der Waals surface area contributed by atoms with Crippen LogP contribution >= 0.6 is 0 Å². The van der Waals surface area contributed by atoms with Crippen LogP contribution in [-0.2, 0) is 14.3 Å². The minimum absolute atomic E-state index is 0.125. The van der Waals surface area contributed by atoms with E-state index in [2.05, 4.69) is 13.8 Å². The van der Waals surface area contributed by atoms with Crippen LogP contribution < -0.4 is 0 Å². The van der Waals surface area contributed by atoms with E-state index < -0.39 is 0 Å². The van der Waals surface area contributed by atoms with Crippen LogP contribution in [0.4, 0.5) is 0 Å². The Bertz CT molecular complexity index is 537. The summed E-state index contributed by atoms with van der Waals surface area (Å²) in [6.45, 7) is 6.24. The highest BCUT2D eigenvalue weighted by Crippen LogP contribution is 2.66. The molecule has 0 amide bonds. The van der Waals surface area contributed by atoms with Gasteiger partial charge in [-0.3, -0.25) is 4.79 Å². The lowest BCUT2D eigenvalue weighted by molar-refractivity contribution is -0.242. The molecule has 4 aliphatic carbocycles. The number of Topliss-reactive ketones (excluding diaryl/α,β-unsaturated/α-hetero) is 1. The van der Waals surface area contributed by atoms with Gasteiger partial charge in [0.2, 0.25) is 0 Å². The number of ketones is 1. The first-order valence-electron chi connectivity index (χ1n) is 10.3. The van der Waals surface area contributed by atoms with E-state index in [1.54, 1.807) is 0 Å². The first-order valence-corrected chi connectivity index (χ1v) is 10.3. The molecule has 24 heavy (non-hydrogen) atoms. The van der Waals surface area contributed by atoms with E-state index in [0.29, 0.717) is 29.5 Å². The molecule has 0 aromatic carbocycles. The standard InChI is InChI=1S/C21H32O3/c1-13-3-4-14-15-5-7-20(2)18(6-8-21(20)23-9-10-24-21)16(15)12-19(22)17(14)11-13/h13-18H,3-12H2,1-2H3/t13-,14+,15+,16+,17?,18-,20-/m0/s1. The third-order valence-electron chi connectivity index (χ3n) is 8.86. The quantitative estimate of drug-likeness (QED) is 0.667. The zero-order valence-corrected chi connectivity index (χ0v) is 15.3. The molecule has 0 N–H and O–H groups in total. The van der Waals surface area contributed by atoms with Crippen LogP contribution in [0.15, 0.2) is 0 Å². The van der Waals surface area contributed by atoms with E-state index in [1.807, 2.05) is 0 Å². The smallest absolute Gasteiger partial charge is 0.174 e. The minimum Gasteiger partial charge on any atom is -0.347 e. The maximum atomic E-state index is 13.0. The second-order valence-electron chi connectivity index (χ2n) is 9.74. The molecule has 134 valence electrons. The fourth-order valence-electron chi connectivity index (χ4n) is 7.70. The van der Waals surface area contributed by atoms with Gasteiger partial charge in [0.05, 0.1) is 13.2 Å². The maximum absolute atomic E-state index is 13.0. The first-order chi connectivity index (χ1) is 11.5. The summed E-state index contributed by atoms with van der Waals surface area (Å²) in [5.74, 6) is 4.07. The van der Waals surface area contributed by atoms with Gasteiger partial charge < -0.3 is 9.47 Å². The summed E-state index contributed by atoms with van der Waals surface area (Å²) in [5.41, 5.74) is 0.125. The Labute approximate surface area is 145 Å². The number of ether oxygens (including phenoxy) is 2. The topological polar surface area (TPSA) is 35.5 Å². The summed E-state index contributed by atoms with van der Waals surface area (Å²) in [7, 11) is 0. The summed E-state index contributed by atoms with van der Waals surface area (Å²) < 4.78 is 12.4. The number of carbonyl (C=O) groups is 1. The van der Waals surface area contributed by atoms with Gasteiger partial charge in [-0.1, -0.05) is 20.3 Å². The second kappa shape index (κ2) is 5.30. The maximum Gasteiger partial charge on any atom is 0.174 e. The van der Waals surface area contributed by atoms with Gasteiger partial charge in [0.15, 0.2) is 5.79 Å². The van der Waals surface area contributed by atoms with Crippen molar-refractivity contribution in [2.45, 2.75) is 71.0 Å². The molecule has 1 heterocycles. The predicted molar refractivity (Wildman–Crippen MR) is 91.3 cm³/mol. The third kappa shape index (κ3) is 1.95. The molecule has 4 saturated carbocycles. The van der Waals surface area contributed by atoms with Crippen LogP contribution in [0.1, 0.15) is 65.2 Å². The summed E-state index contributed by atoms with van der Waals surface area (Å²) >= 11 is 0. The van der Waals surface area contributed by atoms with Crippen LogP contribution in [0.2, 0.25) is 0 Å². The molecule has 5 aliphatic rings. The normalized spacial score (nSPS) is 52.8. The van der Waals surface area contributed by atoms with Crippen molar-refractivity contribution in [2.24, 2.45) is 40.9 Å². The highest BCUT2D eigenvalue weighted by Gasteiger charge is 2.66. The van der Waals surface area contributed by atoms with Crippen molar-refractivity contribution in [1.29, 1.82) is 0 Å². The van der Waals surface area contributed by atoms with Gasteiger partial charge in [-0.15, -0.1) is 0 Å². The Balaban J connectivity index is 1.45. The van der Waals surface area contributed by atoms with Gasteiger partial charge in [-0.05, 0) is 61.7 Å². The SMILES string of the molecule is C[C@H]1CC[C@H]2C(C1)C(=O)C[C@@H]1[C@@H]2CC[C@@]2(C)[C@H]1CCC21OCCO1. The highest BCUT2D eigenvalue weighted by atomic mass is 16.7. The van der Waals surface area contributed by atoms with E-state index in [9.17, 15) is 4.79 Å². The first kappa shape index (κ1) is 15.8. The Kier molecular flexibility index (Phi) is 3.49. The van der Waals surface area contributed by atoms with Crippen molar-refractivity contribution in [3.63, 3.8) is 0 Å². The fourth-order valence-corrected chi connectivity index (χ4v) is 7.70. The van der Waals surface area contributed by atoms with Crippen molar-refractivity contribution in [1.82, 2.24) is 0 Å². The van der Waals surface area contributed by atoms with Gasteiger partial charge in [-0.2, -0.15) is 0 Å². The summed E-state index contributed by atoms with van der Waals surface area (Å²) in [6, 6.07) is 0. The van der Waals surface area contributed by atoms with Crippen LogP contribution in [-0.4, -0.2) is 24.8 Å². The van der Waals surface area contributed by atoms with Crippen LogP contribution in [0.25, 0.3) is 0 Å². The summed E-state index contributed by atoms with van der Waals surface area (Å²) in [6.07, 6.45) is 9.37. The monoisotopic (exact) mass is 332 g/mol. The molecule has 7 atom stereocenters. The molecule has 0 bridgehead atoms. The molecule has 1 unspecified atom stereocenters. The van der Waals surface area contributed by atoms with Crippen molar-refractivity contribution < 1.29 is 14.3 Å². The molecule has 1 aliphatic heterocycles. The van der Waals surface area contributed by atoms with Crippen LogP contribution in [0, 0.1) is 40.9 Å². The third-order valence-corrected chi connectivity index (χ3v) is 8.86.